The molecule has 18 heavy (non-hydrogen) atoms. The summed E-state index contributed by atoms with van der Waals surface area (Å²) in [7, 11) is 1.63. The van der Waals surface area contributed by atoms with Crippen molar-refractivity contribution < 1.29 is 14.3 Å². The number of carbonyl (C=O) groups is 1. The molecule has 1 N–H and O–H groups in total. The first kappa shape index (κ1) is 13.8. The second-order valence-corrected chi connectivity index (χ2v) is 5.92. The van der Waals surface area contributed by atoms with Crippen molar-refractivity contribution in [2.45, 2.75) is 12.5 Å². The number of hydrogen-bond donors (Lipinski definition) is 1. The summed E-state index contributed by atoms with van der Waals surface area (Å²) in [6, 6.07) is 3.76. The molecule has 0 aromatic carbocycles. The zero-order valence-corrected chi connectivity index (χ0v) is 11.7. The van der Waals surface area contributed by atoms with Gasteiger partial charge in [0.2, 0.25) is 5.91 Å². The van der Waals surface area contributed by atoms with E-state index in [9.17, 15) is 4.79 Å². The Morgan fingerprint density at radius 1 is 1.72 bits per heavy atom. The van der Waals surface area contributed by atoms with Crippen molar-refractivity contribution in [3.63, 3.8) is 0 Å². The van der Waals surface area contributed by atoms with Crippen LogP contribution in [0.1, 0.15) is 17.4 Å². The van der Waals surface area contributed by atoms with Crippen molar-refractivity contribution in [3.05, 3.63) is 21.3 Å². The summed E-state index contributed by atoms with van der Waals surface area (Å²) in [4.78, 5) is 12.9. The van der Waals surface area contributed by atoms with E-state index in [1.807, 2.05) is 12.1 Å². The van der Waals surface area contributed by atoms with Gasteiger partial charge in [0.15, 0.2) is 0 Å². The number of carbonyl (C=O) groups excluding carboxylic acids is 1. The van der Waals surface area contributed by atoms with Crippen molar-refractivity contribution in [3.8, 4) is 0 Å². The maximum absolute atomic E-state index is 11.8. The van der Waals surface area contributed by atoms with Gasteiger partial charge in [0, 0.05) is 25.1 Å². The van der Waals surface area contributed by atoms with Gasteiger partial charge in [0.05, 0.1) is 16.9 Å². The summed E-state index contributed by atoms with van der Waals surface area (Å²) in [6.07, 6.45) is 0.655. The molecule has 100 valence electrons. The van der Waals surface area contributed by atoms with Crippen LogP contribution in [0.2, 0.25) is 4.34 Å². The summed E-state index contributed by atoms with van der Waals surface area (Å²) in [5, 5.41) is 2.90. The van der Waals surface area contributed by atoms with E-state index < -0.39 is 0 Å². The molecule has 1 aliphatic heterocycles. The molecule has 1 aliphatic rings. The highest BCUT2D eigenvalue weighted by Crippen LogP contribution is 2.28. The van der Waals surface area contributed by atoms with Crippen LogP contribution in [0.25, 0.3) is 0 Å². The molecular weight excluding hydrogens is 274 g/mol. The summed E-state index contributed by atoms with van der Waals surface area (Å²) in [5.74, 6) is 0.0200. The largest absolute Gasteiger partial charge is 0.381 e. The monoisotopic (exact) mass is 289 g/mol. The van der Waals surface area contributed by atoms with Crippen LogP contribution >= 0.6 is 22.9 Å². The van der Waals surface area contributed by atoms with Crippen molar-refractivity contribution in [1.29, 1.82) is 0 Å². The number of nitrogens with one attached hydrogen (secondary N) is 1. The van der Waals surface area contributed by atoms with Crippen LogP contribution in [0.5, 0.6) is 0 Å². The Kier molecular flexibility index (Phi) is 5.00. The molecule has 1 amide bonds. The number of rotatable bonds is 5. The molecule has 0 radical (unpaired) electrons. The van der Waals surface area contributed by atoms with Crippen molar-refractivity contribution in [2.75, 3.05) is 26.9 Å². The number of hydrogen-bond acceptors (Lipinski definition) is 4. The summed E-state index contributed by atoms with van der Waals surface area (Å²) >= 11 is 7.36. The third-order valence-corrected chi connectivity index (χ3v) is 4.28. The van der Waals surface area contributed by atoms with Gasteiger partial charge < -0.3 is 14.8 Å². The molecule has 0 spiro atoms. The molecule has 1 aromatic rings. The number of amides is 1. The molecule has 2 unspecified atom stereocenters. The van der Waals surface area contributed by atoms with Gasteiger partial charge in [0.1, 0.15) is 6.10 Å². The fourth-order valence-electron chi connectivity index (χ4n) is 1.88. The smallest absolute Gasteiger partial charge is 0.225 e. The molecule has 1 aromatic heterocycles. The zero-order chi connectivity index (χ0) is 13.0. The lowest BCUT2D eigenvalue weighted by molar-refractivity contribution is -0.125. The van der Waals surface area contributed by atoms with Gasteiger partial charge >= 0.3 is 0 Å². The van der Waals surface area contributed by atoms with E-state index in [1.54, 1.807) is 7.11 Å². The average molecular weight is 290 g/mol. The van der Waals surface area contributed by atoms with E-state index in [0.29, 0.717) is 19.8 Å². The standard InChI is InChI=1S/C12H16ClNO3S/c1-16-9(10-2-3-11(13)18-10)6-14-12(15)8-4-5-17-7-8/h2-3,8-9H,4-7H2,1H3,(H,14,15). The van der Waals surface area contributed by atoms with E-state index in [0.717, 1.165) is 15.6 Å². The minimum absolute atomic E-state index is 0.0190. The van der Waals surface area contributed by atoms with Crippen molar-refractivity contribution >= 4 is 28.8 Å². The first-order valence-corrected chi connectivity index (χ1v) is 7.03. The molecule has 4 nitrogen and oxygen atoms in total. The quantitative estimate of drug-likeness (QED) is 0.904. The zero-order valence-electron chi connectivity index (χ0n) is 10.1. The van der Waals surface area contributed by atoms with Crippen molar-refractivity contribution in [2.24, 2.45) is 5.92 Å². The van der Waals surface area contributed by atoms with Gasteiger partial charge in [-0.05, 0) is 18.6 Å². The summed E-state index contributed by atoms with van der Waals surface area (Å²) in [6.45, 7) is 1.66. The maximum atomic E-state index is 11.8. The second-order valence-electron chi connectivity index (χ2n) is 4.17. The lowest BCUT2D eigenvalue weighted by Crippen LogP contribution is -2.34. The van der Waals surface area contributed by atoms with E-state index in [2.05, 4.69) is 5.32 Å². The first-order valence-electron chi connectivity index (χ1n) is 5.84. The first-order chi connectivity index (χ1) is 8.70. The molecular formula is C12H16ClNO3S. The van der Waals surface area contributed by atoms with Crippen LogP contribution in [-0.4, -0.2) is 32.8 Å². The number of methoxy groups -OCH3 is 1. The van der Waals surface area contributed by atoms with Gasteiger partial charge in [-0.25, -0.2) is 0 Å². The van der Waals surface area contributed by atoms with E-state index >= 15 is 0 Å². The third-order valence-electron chi connectivity index (χ3n) is 2.96. The van der Waals surface area contributed by atoms with Gasteiger partial charge in [-0.1, -0.05) is 11.6 Å². The number of thiophene rings is 1. The molecule has 2 rings (SSSR count). The molecule has 1 saturated heterocycles. The minimum atomic E-state index is -0.145. The predicted molar refractivity (Wildman–Crippen MR) is 71.0 cm³/mol. The second kappa shape index (κ2) is 6.52. The Bertz CT molecular complexity index is 404. The van der Waals surface area contributed by atoms with Crippen molar-refractivity contribution in [1.82, 2.24) is 5.32 Å². The van der Waals surface area contributed by atoms with Crippen LogP contribution < -0.4 is 5.32 Å². The highest BCUT2D eigenvalue weighted by Gasteiger charge is 2.24. The highest BCUT2D eigenvalue weighted by atomic mass is 35.5. The Morgan fingerprint density at radius 2 is 2.56 bits per heavy atom. The average Bonchev–Trinajstić information content (AvgIpc) is 3.01. The van der Waals surface area contributed by atoms with Gasteiger partial charge in [-0.2, -0.15) is 0 Å². The van der Waals surface area contributed by atoms with Gasteiger partial charge in [-0.3, -0.25) is 4.79 Å². The van der Waals surface area contributed by atoms with Crippen LogP contribution in [-0.2, 0) is 14.3 Å². The molecule has 1 fully saturated rings. The van der Waals surface area contributed by atoms with Crippen LogP contribution in [0.4, 0.5) is 0 Å². The lowest BCUT2D eigenvalue weighted by Gasteiger charge is -2.16. The van der Waals surface area contributed by atoms with Gasteiger partial charge in [-0.15, -0.1) is 11.3 Å². The number of halogens is 1. The molecule has 6 heteroatoms. The lowest BCUT2D eigenvalue weighted by atomic mass is 10.1. The Hall–Kier alpha value is -0.620. The maximum Gasteiger partial charge on any atom is 0.225 e. The Balaban J connectivity index is 1.85. The Morgan fingerprint density at radius 3 is 3.11 bits per heavy atom. The fraction of sp³-hybridized carbons (Fsp3) is 0.583. The fourth-order valence-corrected chi connectivity index (χ4v) is 3.02. The molecule has 2 atom stereocenters. The van der Waals surface area contributed by atoms with Crippen LogP contribution in [0.15, 0.2) is 12.1 Å². The third kappa shape index (κ3) is 3.45. The minimum Gasteiger partial charge on any atom is -0.381 e. The highest BCUT2D eigenvalue weighted by molar-refractivity contribution is 7.16. The topological polar surface area (TPSA) is 47.6 Å². The van der Waals surface area contributed by atoms with E-state index in [4.69, 9.17) is 21.1 Å². The molecule has 0 aliphatic carbocycles. The Labute approximate surface area is 115 Å². The van der Waals surface area contributed by atoms with E-state index in [1.165, 1.54) is 11.3 Å². The normalized spacial score (nSPS) is 20.9. The van der Waals surface area contributed by atoms with E-state index in [-0.39, 0.29) is 17.9 Å². The predicted octanol–water partition coefficient (Wildman–Crippen LogP) is 2.24. The molecule has 2 heterocycles. The van der Waals surface area contributed by atoms with Crippen LogP contribution in [0.3, 0.4) is 0 Å². The molecule has 0 bridgehead atoms. The molecule has 0 saturated carbocycles. The summed E-state index contributed by atoms with van der Waals surface area (Å²) in [5.41, 5.74) is 0. The number of ether oxygens (including phenoxy) is 2. The SMILES string of the molecule is COC(CNC(=O)C1CCOC1)c1ccc(Cl)s1. The van der Waals surface area contributed by atoms with Gasteiger partial charge in [0.25, 0.3) is 0 Å². The summed E-state index contributed by atoms with van der Waals surface area (Å²) < 4.78 is 11.3. The van der Waals surface area contributed by atoms with Crippen LogP contribution in [0, 0.1) is 5.92 Å².